The maximum absolute atomic E-state index is 11.8. The molecule has 0 radical (unpaired) electrons. The van der Waals surface area contributed by atoms with E-state index >= 15 is 0 Å². The average Bonchev–Trinajstić information content (AvgIpc) is 3.66. The molecule has 0 saturated heterocycles. The molecule has 1 heterocycles. The number of phenolic OH excluding ortho intramolecular Hbond substituents is 8. The van der Waals surface area contributed by atoms with Gasteiger partial charge >= 0.3 is 0 Å². The highest BCUT2D eigenvalue weighted by atomic mass is 16.4. The Balaban J connectivity index is 1.24. The van der Waals surface area contributed by atoms with Crippen LogP contribution in [0.25, 0.3) is 109 Å². The zero-order valence-electron chi connectivity index (χ0n) is 30.7. The standard InChI is InChI=1S/C50H30O9/c51-42-38-36(27-16-13-25(14-17-27)30-11-5-8-26-15-12-23-6-1-3-9-29(23)35(26)30)39-41(45(54)49(58)47(56)43(39)52)37(40(38)44(53)48(57)46(42)55)28-19-21-34-33(22-28)32-20-18-24-7-2-4-10-31(24)50(32)59-34/h1-22,51-58H. The second-order valence-electron chi connectivity index (χ2n) is 14.8. The van der Waals surface area contributed by atoms with Gasteiger partial charge in [0.1, 0.15) is 11.2 Å². The molecule has 0 aliphatic rings. The maximum atomic E-state index is 11.8. The summed E-state index contributed by atoms with van der Waals surface area (Å²) in [4.78, 5) is 0. The highest BCUT2D eigenvalue weighted by Gasteiger charge is 2.32. The van der Waals surface area contributed by atoms with E-state index in [1.165, 1.54) is 0 Å². The predicted octanol–water partition coefficient (Wildman–Crippen LogP) is 12.0. The van der Waals surface area contributed by atoms with Gasteiger partial charge in [-0.3, -0.25) is 0 Å². The first kappa shape index (κ1) is 34.0. The van der Waals surface area contributed by atoms with Crippen LogP contribution in [-0.2, 0) is 0 Å². The van der Waals surface area contributed by atoms with Crippen molar-refractivity contribution in [3.63, 3.8) is 0 Å². The molecule has 0 aliphatic carbocycles. The van der Waals surface area contributed by atoms with Gasteiger partial charge in [0.2, 0.25) is 23.0 Å². The Bertz CT molecular complexity index is 3560. The fraction of sp³-hybridized carbons (Fsp3) is 0. The molecule has 10 aromatic carbocycles. The third-order valence-corrected chi connectivity index (χ3v) is 11.7. The van der Waals surface area contributed by atoms with Crippen LogP contribution in [0, 0.1) is 0 Å². The van der Waals surface area contributed by atoms with Crippen LogP contribution in [0.15, 0.2) is 138 Å². The Morgan fingerprint density at radius 2 is 0.780 bits per heavy atom. The summed E-state index contributed by atoms with van der Waals surface area (Å²) in [5.74, 6) is -7.51. The van der Waals surface area contributed by atoms with Crippen molar-refractivity contribution in [1.82, 2.24) is 0 Å². The van der Waals surface area contributed by atoms with Crippen molar-refractivity contribution in [3.05, 3.63) is 133 Å². The van der Waals surface area contributed by atoms with E-state index in [1.54, 1.807) is 30.3 Å². The summed E-state index contributed by atoms with van der Waals surface area (Å²) >= 11 is 0. The van der Waals surface area contributed by atoms with Crippen LogP contribution >= 0.6 is 0 Å². The minimum absolute atomic E-state index is 0.0267. The summed E-state index contributed by atoms with van der Waals surface area (Å²) in [5.41, 5.74) is 3.47. The van der Waals surface area contributed by atoms with Gasteiger partial charge in [-0.2, -0.15) is 0 Å². The number of rotatable bonds is 3. The fourth-order valence-electron chi connectivity index (χ4n) is 8.97. The number of furan rings is 1. The molecule has 9 heteroatoms. The first-order valence-corrected chi connectivity index (χ1v) is 18.7. The zero-order valence-corrected chi connectivity index (χ0v) is 30.7. The van der Waals surface area contributed by atoms with Crippen molar-refractivity contribution >= 4 is 75.8 Å². The Kier molecular flexibility index (Phi) is 6.97. The van der Waals surface area contributed by atoms with Crippen molar-refractivity contribution in [2.24, 2.45) is 0 Å². The molecular formula is C50H30O9. The van der Waals surface area contributed by atoms with Crippen LogP contribution in [0.3, 0.4) is 0 Å². The third kappa shape index (κ3) is 4.61. The molecule has 8 N–H and O–H groups in total. The van der Waals surface area contributed by atoms with E-state index in [-0.39, 0.29) is 32.7 Å². The van der Waals surface area contributed by atoms with Crippen LogP contribution in [0.5, 0.6) is 46.0 Å². The number of fused-ring (bicyclic) bond motifs is 10. The number of aromatic hydroxyl groups is 8. The van der Waals surface area contributed by atoms with Gasteiger partial charge in [-0.1, -0.05) is 115 Å². The van der Waals surface area contributed by atoms with Gasteiger partial charge in [0.05, 0.1) is 0 Å². The van der Waals surface area contributed by atoms with Gasteiger partial charge < -0.3 is 45.3 Å². The van der Waals surface area contributed by atoms with Crippen molar-refractivity contribution in [1.29, 1.82) is 0 Å². The van der Waals surface area contributed by atoms with E-state index in [9.17, 15) is 40.9 Å². The molecule has 0 fully saturated rings. The van der Waals surface area contributed by atoms with Crippen molar-refractivity contribution < 1.29 is 45.3 Å². The lowest BCUT2D eigenvalue weighted by Crippen LogP contribution is -1.95. The molecule has 11 rings (SSSR count). The van der Waals surface area contributed by atoms with Crippen molar-refractivity contribution in [2.45, 2.75) is 0 Å². The SMILES string of the molecule is Oc1c(O)c(O)c2c(-c3ccc4oc5c6ccccc6ccc5c4c3)c3c(O)c(O)c(O)c(O)c3c(-c3ccc(-c4cccc5ccc6ccccc6c45)cc3)c2c1O. The van der Waals surface area contributed by atoms with E-state index in [0.717, 1.165) is 48.8 Å². The minimum Gasteiger partial charge on any atom is -0.504 e. The van der Waals surface area contributed by atoms with Gasteiger partial charge in [0, 0.05) is 48.8 Å². The lowest BCUT2D eigenvalue weighted by Gasteiger charge is -2.22. The van der Waals surface area contributed by atoms with E-state index in [4.69, 9.17) is 4.42 Å². The Morgan fingerprint density at radius 1 is 0.305 bits per heavy atom. The van der Waals surface area contributed by atoms with Gasteiger partial charge in [0.15, 0.2) is 23.0 Å². The fourth-order valence-corrected chi connectivity index (χ4v) is 8.97. The molecular weight excluding hydrogens is 745 g/mol. The summed E-state index contributed by atoms with van der Waals surface area (Å²) in [6.07, 6.45) is 0. The molecule has 0 unspecified atom stereocenters. The molecule has 0 aliphatic heterocycles. The monoisotopic (exact) mass is 774 g/mol. The molecule has 284 valence electrons. The normalized spacial score (nSPS) is 11.9. The summed E-state index contributed by atoms with van der Waals surface area (Å²) < 4.78 is 6.33. The molecule has 0 saturated carbocycles. The highest BCUT2D eigenvalue weighted by molar-refractivity contribution is 6.29. The van der Waals surface area contributed by atoms with E-state index < -0.39 is 46.0 Å². The van der Waals surface area contributed by atoms with Crippen LogP contribution in [-0.4, -0.2) is 40.9 Å². The molecule has 0 amide bonds. The molecule has 59 heavy (non-hydrogen) atoms. The largest absolute Gasteiger partial charge is 0.504 e. The lowest BCUT2D eigenvalue weighted by atomic mass is 9.83. The van der Waals surface area contributed by atoms with E-state index in [0.29, 0.717) is 27.7 Å². The summed E-state index contributed by atoms with van der Waals surface area (Å²) in [6.45, 7) is 0. The second-order valence-corrected chi connectivity index (χ2v) is 14.8. The van der Waals surface area contributed by atoms with Crippen molar-refractivity contribution in [2.75, 3.05) is 0 Å². The maximum Gasteiger partial charge on any atom is 0.204 e. The molecule has 0 atom stereocenters. The molecule has 0 bridgehead atoms. The zero-order chi connectivity index (χ0) is 40.4. The lowest BCUT2D eigenvalue weighted by molar-refractivity contribution is 0.350. The highest BCUT2D eigenvalue weighted by Crippen LogP contribution is 2.62. The van der Waals surface area contributed by atoms with Gasteiger partial charge in [-0.15, -0.1) is 0 Å². The van der Waals surface area contributed by atoms with Crippen LogP contribution in [0.1, 0.15) is 0 Å². The van der Waals surface area contributed by atoms with Gasteiger partial charge in [0.25, 0.3) is 0 Å². The van der Waals surface area contributed by atoms with Crippen LogP contribution in [0.4, 0.5) is 0 Å². The second kappa shape index (κ2) is 12.1. The van der Waals surface area contributed by atoms with E-state index in [2.05, 4.69) is 24.3 Å². The third-order valence-electron chi connectivity index (χ3n) is 11.7. The quantitative estimate of drug-likeness (QED) is 0.0376. The minimum atomic E-state index is -1.03. The van der Waals surface area contributed by atoms with Gasteiger partial charge in [-0.05, 0) is 67.4 Å². The summed E-state index contributed by atoms with van der Waals surface area (Å²) in [5, 5.41) is 97.8. The predicted molar refractivity (Wildman–Crippen MR) is 231 cm³/mol. The summed E-state index contributed by atoms with van der Waals surface area (Å²) in [6, 6.07) is 42.1. The number of benzene rings is 10. The molecule has 9 nitrogen and oxygen atoms in total. The molecule has 0 spiro atoms. The average molecular weight is 775 g/mol. The molecule has 1 aromatic heterocycles. The number of hydrogen-bond donors (Lipinski definition) is 8. The van der Waals surface area contributed by atoms with E-state index in [1.807, 2.05) is 78.9 Å². The Morgan fingerprint density at radius 3 is 1.41 bits per heavy atom. The molecule has 11 aromatic rings. The number of phenols is 8. The Labute approximate surface area is 333 Å². The van der Waals surface area contributed by atoms with Crippen LogP contribution in [0.2, 0.25) is 0 Å². The van der Waals surface area contributed by atoms with Crippen LogP contribution < -0.4 is 0 Å². The smallest absolute Gasteiger partial charge is 0.204 e. The Hall–Kier alpha value is -8.30. The first-order chi connectivity index (χ1) is 28.6. The van der Waals surface area contributed by atoms with Gasteiger partial charge in [-0.25, -0.2) is 0 Å². The topological polar surface area (TPSA) is 175 Å². The first-order valence-electron chi connectivity index (χ1n) is 18.7. The number of hydrogen-bond acceptors (Lipinski definition) is 9. The van der Waals surface area contributed by atoms with Crippen molar-refractivity contribution in [3.8, 4) is 79.4 Å². The summed E-state index contributed by atoms with van der Waals surface area (Å²) in [7, 11) is 0.